The maximum atomic E-state index is 13.6. The average Bonchev–Trinajstić information content (AvgIpc) is 3.83. The molecule has 0 aromatic heterocycles. The molecule has 0 spiro atoms. The molecule has 3 aromatic carbocycles. The lowest BCUT2D eigenvalue weighted by atomic mass is 10.1. The Bertz CT molecular complexity index is 1520. The second kappa shape index (κ2) is 14.6. The van der Waals surface area contributed by atoms with Crippen LogP contribution < -0.4 is 34.9 Å². The molecule has 2 fully saturated rings. The van der Waals surface area contributed by atoms with Crippen LogP contribution in [0, 0.1) is 5.92 Å². The predicted octanol–water partition coefficient (Wildman–Crippen LogP) is 2.71. The Labute approximate surface area is 268 Å². The maximum Gasteiger partial charge on any atom is 0.258 e. The zero-order valence-corrected chi connectivity index (χ0v) is 26.0. The molecule has 0 unspecified atom stereocenters. The second-order valence-electron chi connectivity index (χ2n) is 12.0. The van der Waals surface area contributed by atoms with Gasteiger partial charge in [0.2, 0.25) is 5.91 Å². The molecule has 7 rings (SSSR count). The highest BCUT2D eigenvalue weighted by Gasteiger charge is 2.36. The summed E-state index contributed by atoms with van der Waals surface area (Å²) in [6.07, 6.45) is 2.56. The number of benzene rings is 3. The molecule has 11 nitrogen and oxygen atoms in total. The molecule has 3 heterocycles. The number of carbonyl (C=O) groups is 3. The molecule has 3 amide bonds. The number of carbonyl (C=O) groups excluding carboxylic acids is 3. The maximum absolute atomic E-state index is 13.6. The van der Waals surface area contributed by atoms with E-state index >= 15 is 0 Å². The normalized spacial score (nSPS) is 19.9. The summed E-state index contributed by atoms with van der Waals surface area (Å²) in [5.41, 5.74) is 2.37. The van der Waals surface area contributed by atoms with Crippen molar-refractivity contribution in [1.29, 1.82) is 0 Å². The fourth-order valence-electron chi connectivity index (χ4n) is 5.52. The smallest absolute Gasteiger partial charge is 0.258 e. The molecule has 46 heavy (non-hydrogen) atoms. The highest BCUT2D eigenvalue weighted by atomic mass is 16.5. The van der Waals surface area contributed by atoms with Crippen molar-refractivity contribution in [2.45, 2.75) is 38.0 Å². The van der Waals surface area contributed by atoms with Crippen molar-refractivity contribution < 1.29 is 33.3 Å². The molecular formula is C35H40N4O7. The molecule has 2 atom stereocenters. The van der Waals surface area contributed by atoms with E-state index in [2.05, 4.69) is 16.0 Å². The van der Waals surface area contributed by atoms with Gasteiger partial charge in [0.25, 0.3) is 11.8 Å². The third kappa shape index (κ3) is 8.69. The Kier molecular flexibility index (Phi) is 9.88. The van der Waals surface area contributed by atoms with E-state index < -0.39 is 12.1 Å². The van der Waals surface area contributed by atoms with Gasteiger partial charge in [0, 0.05) is 37.8 Å². The second-order valence-corrected chi connectivity index (χ2v) is 12.0. The number of ether oxygens (including phenoxy) is 4. The molecule has 3 aliphatic heterocycles. The molecule has 4 aliphatic rings. The highest BCUT2D eigenvalue weighted by Crippen LogP contribution is 2.31. The Morgan fingerprint density at radius 3 is 2.54 bits per heavy atom. The molecule has 242 valence electrons. The molecule has 1 aliphatic carbocycles. The van der Waals surface area contributed by atoms with Crippen LogP contribution in [0.25, 0.3) is 0 Å². The summed E-state index contributed by atoms with van der Waals surface area (Å²) in [4.78, 5) is 41.0. The SMILES string of the molecule is COc1ccc(CCNC(=O)CN2C[C@@H]3NC(=O)c4cc(cc(OCC5CC5)c4)OCC(=O)NCc4ccc(cc4)O[C@H]3C2)cc1. The number of nitrogens with one attached hydrogen (secondary N) is 3. The number of fused-ring (bicyclic) bond motifs is 7. The summed E-state index contributed by atoms with van der Waals surface area (Å²) in [5.74, 6) is 2.14. The average molecular weight is 629 g/mol. The van der Waals surface area contributed by atoms with E-state index in [1.165, 1.54) is 0 Å². The van der Waals surface area contributed by atoms with Gasteiger partial charge < -0.3 is 34.9 Å². The van der Waals surface area contributed by atoms with Crippen LogP contribution in [0.5, 0.6) is 23.0 Å². The lowest BCUT2D eigenvalue weighted by molar-refractivity contribution is -0.123. The van der Waals surface area contributed by atoms with Crippen molar-refractivity contribution in [3.8, 4) is 23.0 Å². The lowest BCUT2D eigenvalue weighted by Gasteiger charge is -2.22. The number of likely N-dealkylation sites (tertiary alicyclic amines) is 1. The molecule has 11 heteroatoms. The van der Waals surface area contributed by atoms with Crippen LogP contribution in [0.15, 0.2) is 66.7 Å². The van der Waals surface area contributed by atoms with Gasteiger partial charge in [-0.15, -0.1) is 0 Å². The minimum atomic E-state index is -0.401. The first-order valence-corrected chi connectivity index (χ1v) is 15.8. The summed E-state index contributed by atoms with van der Waals surface area (Å²) in [6.45, 7) is 2.28. The number of methoxy groups -OCH3 is 1. The van der Waals surface area contributed by atoms with Gasteiger partial charge in [-0.05, 0) is 72.7 Å². The summed E-state index contributed by atoms with van der Waals surface area (Å²) >= 11 is 0. The lowest BCUT2D eigenvalue weighted by Crippen LogP contribution is -2.45. The standard InChI is InChI=1S/C35H40N4O7/c1-43-27-8-4-23(5-9-27)12-13-36-33(40)20-39-18-31-32(19-39)46-28-10-6-24(7-11-28)17-37-34(41)22-45-30-15-26(35(42)38-31)14-29(16-30)44-21-25-2-3-25/h4-11,14-16,25,31-32H,2-3,12-13,17-22H2,1H3,(H,36,40)(H,37,41)(H,38,42)/t31-,32-/m0/s1. The van der Waals surface area contributed by atoms with Crippen LogP contribution in [0.4, 0.5) is 0 Å². The van der Waals surface area contributed by atoms with Crippen LogP contribution in [-0.4, -0.2) is 81.3 Å². The Balaban J connectivity index is 1.14. The topological polar surface area (TPSA) is 127 Å². The number of hydrogen-bond acceptors (Lipinski definition) is 8. The van der Waals surface area contributed by atoms with E-state index in [-0.39, 0.29) is 30.9 Å². The number of nitrogens with zero attached hydrogens (tertiary/aromatic N) is 1. The zero-order valence-electron chi connectivity index (χ0n) is 26.0. The van der Waals surface area contributed by atoms with Gasteiger partial charge in [0.15, 0.2) is 6.61 Å². The van der Waals surface area contributed by atoms with E-state index in [4.69, 9.17) is 18.9 Å². The van der Waals surface area contributed by atoms with Crippen LogP contribution in [0.2, 0.25) is 0 Å². The van der Waals surface area contributed by atoms with Crippen LogP contribution >= 0.6 is 0 Å². The van der Waals surface area contributed by atoms with Crippen molar-refractivity contribution in [2.24, 2.45) is 5.92 Å². The van der Waals surface area contributed by atoms with Gasteiger partial charge in [-0.1, -0.05) is 24.3 Å². The third-order valence-electron chi connectivity index (χ3n) is 8.32. The zero-order chi connectivity index (χ0) is 31.9. The summed E-state index contributed by atoms with van der Waals surface area (Å²) in [6, 6.07) is 19.9. The van der Waals surface area contributed by atoms with Gasteiger partial charge in [-0.25, -0.2) is 0 Å². The molecule has 3 N–H and O–H groups in total. The summed E-state index contributed by atoms with van der Waals surface area (Å²) < 4.78 is 23.3. The molecule has 4 bridgehead atoms. The number of amides is 3. The first kappa shape index (κ1) is 31.2. The van der Waals surface area contributed by atoms with Crippen molar-refractivity contribution >= 4 is 17.7 Å². The van der Waals surface area contributed by atoms with Crippen LogP contribution in [0.1, 0.15) is 34.3 Å². The minimum Gasteiger partial charge on any atom is -0.497 e. The molecule has 1 saturated carbocycles. The molecule has 0 radical (unpaired) electrons. The van der Waals surface area contributed by atoms with E-state index in [0.717, 1.165) is 29.7 Å². The largest absolute Gasteiger partial charge is 0.497 e. The fourth-order valence-corrected chi connectivity index (χ4v) is 5.52. The summed E-state index contributed by atoms with van der Waals surface area (Å²) in [5, 5.41) is 8.99. The van der Waals surface area contributed by atoms with Gasteiger partial charge >= 0.3 is 0 Å². The third-order valence-corrected chi connectivity index (χ3v) is 8.32. The van der Waals surface area contributed by atoms with E-state index in [1.807, 2.05) is 53.4 Å². The van der Waals surface area contributed by atoms with Gasteiger partial charge in [0.05, 0.1) is 26.3 Å². The Morgan fingerprint density at radius 2 is 1.78 bits per heavy atom. The van der Waals surface area contributed by atoms with Gasteiger partial charge in [0.1, 0.15) is 29.1 Å². The predicted molar refractivity (Wildman–Crippen MR) is 170 cm³/mol. The first-order valence-electron chi connectivity index (χ1n) is 15.8. The fraction of sp³-hybridized carbons (Fsp3) is 0.400. The highest BCUT2D eigenvalue weighted by molar-refractivity contribution is 5.95. The summed E-state index contributed by atoms with van der Waals surface area (Å²) in [7, 11) is 1.63. The molecule has 3 aromatic rings. The minimum absolute atomic E-state index is 0.0950. The Hall–Kier alpha value is -4.77. The molecule has 1 saturated heterocycles. The van der Waals surface area contributed by atoms with E-state index in [1.54, 1.807) is 25.3 Å². The molecular weight excluding hydrogens is 588 g/mol. The van der Waals surface area contributed by atoms with Crippen molar-refractivity contribution in [3.05, 3.63) is 83.4 Å². The van der Waals surface area contributed by atoms with Crippen molar-refractivity contribution in [1.82, 2.24) is 20.9 Å². The van der Waals surface area contributed by atoms with Crippen LogP contribution in [0.3, 0.4) is 0 Å². The quantitative estimate of drug-likeness (QED) is 0.330. The van der Waals surface area contributed by atoms with Gasteiger partial charge in [-0.2, -0.15) is 0 Å². The van der Waals surface area contributed by atoms with Crippen molar-refractivity contribution in [3.63, 3.8) is 0 Å². The Morgan fingerprint density at radius 1 is 0.978 bits per heavy atom. The van der Waals surface area contributed by atoms with Gasteiger partial charge in [-0.3, -0.25) is 19.3 Å². The monoisotopic (exact) mass is 628 g/mol. The number of hydrogen-bond donors (Lipinski definition) is 3. The van der Waals surface area contributed by atoms with E-state index in [9.17, 15) is 14.4 Å². The first-order chi connectivity index (χ1) is 22.4. The van der Waals surface area contributed by atoms with Crippen molar-refractivity contribution in [2.75, 3.05) is 46.5 Å². The van der Waals surface area contributed by atoms with Crippen LogP contribution in [-0.2, 0) is 22.6 Å². The number of rotatable bonds is 9. The van der Waals surface area contributed by atoms with E-state index in [0.29, 0.717) is 67.9 Å².